The van der Waals surface area contributed by atoms with Crippen LogP contribution in [0.5, 0.6) is 0 Å². The highest BCUT2D eigenvalue weighted by Crippen LogP contribution is 2.11. The van der Waals surface area contributed by atoms with Crippen molar-refractivity contribution in [1.29, 1.82) is 0 Å². The van der Waals surface area contributed by atoms with Gasteiger partial charge >= 0.3 is 0 Å². The molecule has 2 heteroatoms. The highest BCUT2D eigenvalue weighted by atomic mass is 14.8. The van der Waals surface area contributed by atoms with Gasteiger partial charge in [-0.1, -0.05) is 33.6 Å². The van der Waals surface area contributed by atoms with E-state index in [0.717, 1.165) is 18.4 Å². The van der Waals surface area contributed by atoms with Crippen molar-refractivity contribution in [2.24, 2.45) is 17.6 Å². The molecule has 104 valence electrons. The summed E-state index contributed by atoms with van der Waals surface area (Å²) in [5, 5.41) is 3.55. The van der Waals surface area contributed by atoms with Gasteiger partial charge in [-0.3, -0.25) is 0 Å². The summed E-state index contributed by atoms with van der Waals surface area (Å²) in [5.41, 5.74) is 5.54. The standard InChI is InChI=1S/C15H34N2/c1-4-7-14(2)8-5-12-17-13-6-9-15(3)10-11-16/h14-15,17H,4-13,16H2,1-3H3. The maximum Gasteiger partial charge on any atom is -0.00488 e. The Bertz CT molecular complexity index is 132. The third kappa shape index (κ3) is 12.2. The van der Waals surface area contributed by atoms with E-state index < -0.39 is 0 Å². The lowest BCUT2D eigenvalue weighted by Crippen LogP contribution is -2.18. The fourth-order valence-electron chi connectivity index (χ4n) is 2.34. The van der Waals surface area contributed by atoms with Gasteiger partial charge in [0.25, 0.3) is 0 Å². The molecule has 0 bridgehead atoms. The molecule has 0 aliphatic rings. The Morgan fingerprint density at radius 3 is 1.88 bits per heavy atom. The predicted molar refractivity (Wildman–Crippen MR) is 78.2 cm³/mol. The van der Waals surface area contributed by atoms with E-state index in [9.17, 15) is 0 Å². The molecule has 2 atom stereocenters. The summed E-state index contributed by atoms with van der Waals surface area (Å²) in [7, 11) is 0. The molecule has 2 unspecified atom stereocenters. The van der Waals surface area contributed by atoms with Crippen molar-refractivity contribution < 1.29 is 0 Å². The summed E-state index contributed by atoms with van der Waals surface area (Å²) in [5.74, 6) is 1.71. The van der Waals surface area contributed by atoms with Gasteiger partial charge in [-0.2, -0.15) is 0 Å². The van der Waals surface area contributed by atoms with E-state index in [0.29, 0.717) is 0 Å². The maximum atomic E-state index is 5.54. The minimum absolute atomic E-state index is 0.798. The summed E-state index contributed by atoms with van der Waals surface area (Å²) in [6, 6.07) is 0. The lowest BCUT2D eigenvalue weighted by Gasteiger charge is -2.11. The van der Waals surface area contributed by atoms with Crippen molar-refractivity contribution in [2.45, 2.75) is 65.7 Å². The molecule has 3 N–H and O–H groups in total. The average molecular weight is 242 g/mol. The lowest BCUT2D eigenvalue weighted by atomic mass is 10.0. The first-order valence-corrected chi connectivity index (χ1v) is 7.61. The zero-order valence-electron chi connectivity index (χ0n) is 12.3. The number of hydrogen-bond donors (Lipinski definition) is 2. The largest absolute Gasteiger partial charge is 0.330 e. The summed E-state index contributed by atoms with van der Waals surface area (Å²) in [6.45, 7) is 10.2. The second kappa shape index (κ2) is 12.4. The molecule has 0 aromatic rings. The average Bonchev–Trinajstić information content (AvgIpc) is 2.28. The van der Waals surface area contributed by atoms with E-state index in [2.05, 4.69) is 26.1 Å². The SMILES string of the molecule is CCCC(C)CCCNCCCC(C)CCN. The van der Waals surface area contributed by atoms with Gasteiger partial charge in [-0.15, -0.1) is 0 Å². The molecule has 0 aliphatic carbocycles. The van der Waals surface area contributed by atoms with Crippen molar-refractivity contribution in [3.05, 3.63) is 0 Å². The Labute approximate surface area is 109 Å². The van der Waals surface area contributed by atoms with Gasteiger partial charge < -0.3 is 11.1 Å². The molecule has 0 aliphatic heterocycles. The third-order valence-electron chi connectivity index (χ3n) is 3.54. The van der Waals surface area contributed by atoms with E-state index in [-0.39, 0.29) is 0 Å². The molecule has 0 spiro atoms. The zero-order chi connectivity index (χ0) is 12.9. The fraction of sp³-hybridized carbons (Fsp3) is 1.00. The first kappa shape index (κ1) is 16.9. The van der Waals surface area contributed by atoms with Gasteiger partial charge in [0.15, 0.2) is 0 Å². The molecular weight excluding hydrogens is 208 g/mol. The fourth-order valence-corrected chi connectivity index (χ4v) is 2.34. The molecule has 0 radical (unpaired) electrons. The van der Waals surface area contributed by atoms with Crippen LogP contribution in [-0.2, 0) is 0 Å². The van der Waals surface area contributed by atoms with E-state index in [4.69, 9.17) is 5.73 Å². The van der Waals surface area contributed by atoms with Crippen LogP contribution in [0, 0.1) is 11.8 Å². The number of rotatable bonds is 12. The van der Waals surface area contributed by atoms with E-state index >= 15 is 0 Å². The quantitative estimate of drug-likeness (QED) is 0.514. The first-order chi connectivity index (χ1) is 8.20. The summed E-state index contributed by atoms with van der Waals surface area (Å²) in [4.78, 5) is 0. The van der Waals surface area contributed by atoms with Crippen molar-refractivity contribution in [3.63, 3.8) is 0 Å². The molecule has 0 fully saturated rings. The Hall–Kier alpha value is -0.0800. The van der Waals surface area contributed by atoms with Crippen LogP contribution in [0.1, 0.15) is 65.7 Å². The van der Waals surface area contributed by atoms with E-state index in [1.807, 2.05) is 0 Å². The highest BCUT2D eigenvalue weighted by Gasteiger charge is 2.01. The van der Waals surface area contributed by atoms with Gasteiger partial charge in [-0.25, -0.2) is 0 Å². The summed E-state index contributed by atoms with van der Waals surface area (Å²) in [6.07, 6.45) is 9.21. The number of hydrogen-bond acceptors (Lipinski definition) is 2. The monoisotopic (exact) mass is 242 g/mol. The van der Waals surface area contributed by atoms with E-state index in [1.165, 1.54) is 58.0 Å². The second-order valence-corrected chi connectivity index (χ2v) is 5.61. The van der Waals surface area contributed by atoms with Gasteiger partial charge in [0, 0.05) is 0 Å². The minimum Gasteiger partial charge on any atom is -0.330 e. The minimum atomic E-state index is 0.798. The predicted octanol–water partition coefficient (Wildman–Crippen LogP) is 3.56. The topological polar surface area (TPSA) is 38.0 Å². The summed E-state index contributed by atoms with van der Waals surface area (Å²) < 4.78 is 0. The van der Waals surface area contributed by atoms with Crippen LogP contribution in [0.15, 0.2) is 0 Å². The Balaban J connectivity index is 3.13. The second-order valence-electron chi connectivity index (χ2n) is 5.61. The number of nitrogens with one attached hydrogen (secondary N) is 1. The third-order valence-corrected chi connectivity index (χ3v) is 3.54. The smallest absolute Gasteiger partial charge is 0.00488 e. The van der Waals surface area contributed by atoms with Crippen molar-refractivity contribution in [3.8, 4) is 0 Å². The molecule has 0 aromatic heterocycles. The van der Waals surface area contributed by atoms with Crippen molar-refractivity contribution in [2.75, 3.05) is 19.6 Å². The lowest BCUT2D eigenvalue weighted by molar-refractivity contribution is 0.444. The van der Waals surface area contributed by atoms with Gasteiger partial charge in [0.2, 0.25) is 0 Å². The Kier molecular flexibility index (Phi) is 12.3. The molecule has 17 heavy (non-hydrogen) atoms. The Morgan fingerprint density at radius 1 is 0.882 bits per heavy atom. The van der Waals surface area contributed by atoms with E-state index in [1.54, 1.807) is 0 Å². The van der Waals surface area contributed by atoms with Crippen LogP contribution in [0.4, 0.5) is 0 Å². The van der Waals surface area contributed by atoms with Crippen LogP contribution >= 0.6 is 0 Å². The first-order valence-electron chi connectivity index (χ1n) is 7.61. The molecule has 0 aromatic carbocycles. The highest BCUT2D eigenvalue weighted by molar-refractivity contribution is 4.58. The van der Waals surface area contributed by atoms with Gasteiger partial charge in [-0.05, 0) is 63.6 Å². The van der Waals surface area contributed by atoms with Crippen LogP contribution < -0.4 is 11.1 Å². The molecule has 0 heterocycles. The molecule has 2 nitrogen and oxygen atoms in total. The van der Waals surface area contributed by atoms with Crippen LogP contribution in [0.25, 0.3) is 0 Å². The van der Waals surface area contributed by atoms with Crippen LogP contribution in [-0.4, -0.2) is 19.6 Å². The molecular formula is C15H34N2. The van der Waals surface area contributed by atoms with Gasteiger partial charge in [0.05, 0.1) is 0 Å². The summed E-state index contributed by atoms with van der Waals surface area (Å²) >= 11 is 0. The Morgan fingerprint density at radius 2 is 1.41 bits per heavy atom. The van der Waals surface area contributed by atoms with Gasteiger partial charge in [0.1, 0.15) is 0 Å². The van der Waals surface area contributed by atoms with Crippen molar-refractivity contribution >= 4 is 0 Å². The molecule has 0 saturated carbocycles. The van der Waals surface area contributed by atoms with Crippen molar-refractivity contribution in [1.82, 2.24) is 5.32 Å². The maximum absolute atomic E-state index is 5.54. The molecule has 0 rings (SSSR count). The zero-order valence-corrected chi connectivity index (χ0v) is 12.3. The molecule has 0 saturated heterocycles. The van der Waals surface area contributed by atoms with Crippen LogP contribution in [0.3, 0.4) is 0 Å². The number of nitrogens with two attached hydrogens (primary N) is 1. The van der Waals surface area contributed by atoms with Crippen LogP contribution in [0.2, 0.25) is 0 Å². The molecule has 0 amide bonds. The normalized spacial score (nSPS) is 14.8.